The summed E-state index contributed by atoms with van der Waals surface area (Å²) in [6.07, 6.45) is 0. The minimum absolute atomic E-state index is 0.109. The molecule has 0 aliphatic carbocycles. The third-order valence-electron chi connectivity index (χ3n) is 4.74. The minimum Gasteiger partial charge on any atom is -0.304 e. The van der Waals surface area contributed by atoms with Crippen LogP contribution in [0.2, 0.25) is 0 Å². The Morgan fingerprint density at radius 2 is 1.21 bits per heavy atom. The van der Waals surface area contributed by atoms with E-state index in [4.69, 9.17) is 0 Å². The third kappa shape index (κ3) is 2.20. The number of hydrogen-bond donors (Lipinski definition) is 0. The number of likely N-dealkylation sites (N-methyl/N-ethyl adjacent to an activating group) is 1. The minimum atomic E-state index is -2.51. The molecule has 0 radical (unpaired) electrons. The molecule has 0 amide bonds. The highest BCUT2D eigenvalue weighted by atomic mass is 31.2. The van der Waals surface area contributed by atoms with Crippen LogP contribution >= 0.6 is 7.59 Å². The van der Waals surface area contributed by atoms with Gasteiger partial charge in [-0.2, -0.15) is 0 Å². The maximum Gasteiger partial charge on any atom is 0.288 e. The summed E-state index contributed by atoms with van der Waals surface area (Å²) in [6, 6.07) is 0. The highest BCUT2D eigenvalue weighted by molar-refractivity contribution is 7.57. The van der Waals surface area contributed by atoms with Gasteiger partial charge in [0.1, 0.15) is 0 Å². The van der Waals surface area contributed by atoms with Crippen LogP contribution in [-0.4, -0.2) is 76.3 Å². The van der Waals surface area contributed by atoms with Crippen molar-refractivity contribution in [2.24, 2.45) is 0 Å². The number of nitrogens with zero attached hydrogens (tertiary/aromatic N) is 4. The van der Waals surface area contributed by atoms with E-state index >= 15 is 0 Å². The van der Waals surface area contributed by atoms with E-state index in [1.54, 1.807) is 0 Å². The normalized spacial score (nSPS) is 40.7. The van der Waals surface area contributed by atoms with Crippen LogP contribution in [0.15, 0.2) is 0 Å². The Morgan fingerprint density at radius 3 is 1.53 bits per heavy atom. The summed E-state index contributed by atoms with van der Waals surface area (Å²) in [5.74, 6) is 0. The molecule has 5 nitrogen and oxygen atoms in total. The summed E-state index contributed by atoms with van der Waals surface area (Å²) < 4.78 is 20.5. The van der Waals surface area contributed by atoms with Crippen LogP contribution < -0.4 is 0 Å². The molecule has 3 fully saturated rings. The van der Waals surface area contributed by atoms with Crippen molar-refractivity contribution in [1.82, 2.24) is 18.9 Å². The molecule has 2 atom stereocenters. The van der Waals surface area contributed by atoms with Crippen molar-refractivity contribution in [3.05, 3.63) is 0 Å². The molecule has 0 aromatic rings. The van der Waals surface area contributed by atoms with Gasteiger partial charge in [-0.05, 0) is 34.7 Å². The van der Waals surface area contributed by atoms with E-state index in [-0.39, 0.29) is 11.1 Å². The molecular weight excluding hydrogens is 259 g/mol. The van der Waals surface area contributed by atoms with Gasteiger partial charge < -0.3 is 4.90 Å². The first kappa shape index (κ1) is 14.0. The Bertz CT molecular complexity index is 402. The molecule has 0 bridgehead atoms. The molecule has 3 aliphatic rings. The van der Waals surface area contributed by atoms with E-state index in [0.717, 1.165) is 39.3 Å². The van der Waals surface area contributed by atoms with Gasteiger partial charge in [-0.3, -0.25) is 4.57 Å². The highest BCUT2D eigenvalue weighted by Crippen LogP contribution is 2.71. The van der Waals surface area contributed by atoms with Crippen LogP contribution in [0, 0.1) is 0 Å². The van der Waals surface area contributed by atoms with E-state index in [2.05, 4.69) is 53.7 Å². The first-order valence-electron chi connectivity index (χ1n) is 7.28. The highest BCUT2D eigenvalue weighted by Gasteiger charge is 2.66. The second-order valence-corrected chi connectivity index (χ2v) is 10.1. The summed E-state index contributed by atoms with van der Waals surface area (Å²) >= 11 is 0. The molecule has 2 unspecified atom stereocenters. The fraction of sp³-hybridized carbons (Fsp3) is 1.00. The van der Waals surface area contributed by atoms with Gasteiger partial charge in [-0.1, -0.05) is 0 Å². The first-order valence-corrected chi connectivity index (χ1v) is 8.85. The van der Waals surface area contributed by atoms with E-state index in [1.807, 2.05) is 0 Å². The fourth-order valence-corrected chi connectivity index (χ4v) is 7.09. The Balaban J connectivity index is 1.84. The maximum atomic E-state index is 13.8. The second-order valence-electron chi connectivity index (χ2n) is 7.51. The molecular formula is C13H27N4OP. The molecule has 0 aromatic heterocycles. The predicted octanol–water partition coefficient (Wildman–Crippen LogP) is 1.53. The standard InChI is InChI=1S/C13H27N4OP/c1-12(2)10-16(12)19(18,17-11-13(17,3)4)15-8-6-14(5)7-9-15/h6-11H2,1-5H3. The average molecular weight is 286 g/mol. The quantitative estimate of drug-likeness (QED) is 0.580. The predicted molar refractivity (Wildman–Crippen MR) is 78.2 cm³/mol. The number of hydrogen-bond acceptors (Lipinski definition) is 2. The molecule has 3 aliphatic heterocycles. The second kappa shape index (κ2) is 4.05. The van der Waals surface area contributed by atoms with E-state index < -0.39 is 7.59 Å². The Hall–Kier alpha value is 0.0700. The van der Waals surface area contributed by atoms with Gasteiger partial charge >= 0.3 is 0 Å². The van der Waals surface area contributed by atoms with Gasteiger partial charge in [-0.25, -0.2) is 14.0 Å². The Morgan fingerprint density at radius 1 is 0.842 bits per heavy atom. The van der Waals surface area contributed by atoms with Gasteiger partial charge in [0, 0.05) is 50.3 Å². The summed E-state index contributed by atoms with van der Waals surface area (Å²) in [7, 11) is -0.369. The smallest absolute Gasteiger partial charge is 0.288 e. The Labute approximate surface area is 117 Å². The largest absolute Gasteiger partial charge is 0.304 e. The molecule has 3 rings (SSSR count). The van der Waals surface area contributed by atoms with Crippen LogP contribution in [0.4, 0.5) is 0 Å². The van der Waals surface area contributed by atoms with Crippen molar-refractivity contribution in [1.29, 1.82) is 0 Å². The summed E-state index contributed by atoms with van der Waals surface area (Å²) in [5.41, 5.74) is 0.217. The van der Waals surface area contributed by atoms with Crippen LogP contribution in [0.25, 0.3) is 0 Å². The molecule has 0 aromatic carbocycles. The first-order chi connectivity index (χ1) is 8.68. The zero-order valence-corrected chi connectivity index (χ0v) is 13.8. The van der Waals surface area contributed by atoms with Gasteiger partial charge in [0.25, 0.3) is 7.59 Å². The van der Waals surface area contributed by atoms with Crippen LogP contribution in [0.1, 0.15) is 27.7 Å². The molecule has 19 heavy (non-hydrogen) atoms. The molecule has 6 heteroatoms. The van der Waals surface area contributed by atoms with Crippen LogP contribution in [0.5, 0.6) is 0 Å². The monoisotopic (exact) mass is 286 g/mol. The topological polar surface area (TPSA) is 29.6 Å². The van der Waals surface area contributed by atoms with Gasteiger partial charge in [-0.15, -0.1) is 0 Å². The Kier molecular flexibility index (Phi) is 2.99. The molecule has 0 spiro atoms. The molecule has 3 saturated heterocycles. The lowest BCUT2D eigenvalue weighted by atomic mass is 10.2. The van der Waals surface area contributed by atoms with E-state index in [1.165, 1.54) is 0 Å². The fourth-order valence-electron chi connectivity index (χ4n) is 3.04. The third-order valence-corrected chi connectivity index (χ3v) is 8.50. The van der Waals surface area contributed by atoms with Crippen molar-refractivity contribution in [2.45, 2.75) is 38.8 Å². The van der Waals surface area contributed by atoms with Crippen LogP contribution in [0.3, 0.4) is 0 Å². The maximum absolute atomic E-state index is 13.8. The summed E-state index contributed by atoms with van der Waals surface area (Å²) in [5, 5.41) is 0. The molecule has 110 valence electrons. The van der Waals surface area contributed by atoms with E-state index in [0.29, 0.717) is 0 Å². The van der Waals surface area contributed by atoms with Crippen molar-refractivity contribution >= 4 is 7.59 Å². The zero-order valence-electron chi connectivity index (χ0n) is 12.9. The SMILES string of the molecule is CN1CCN(P(=O)(N2CC2(C)C)N2CC2(C)C)CC1. The van der Waals surface area contributed by atoms with Crippen molar-refractivity contribution in [2.75, 3.05) is 46.3 Å². The number of piperazine rings is 1. The number of rotatable bonds is 3. The zero-order chi connectivity index (χ0) is 14.1. The van der Waals surface area contributed by atoms with Crippen LogP contribution in [-0.2, 0) is 4.57 Å². The van der Waals surface area contributed by atoms with Crippen molar-refractivity contribution < 1.29 is 4.57 Å². The lowest BCUT2D eigenvalue weighted by Gasteiger charge is -2.40. The average Bonchev–Trinajstić information content (AvgIpc) is 3.15. The summed E-state index contributed by atoms with van der Waals surface area (Å²) in [6.45, 7) is 14.6. The van der Waals surface area contributed by atoms with Crippen molar-refractivity contribution in [3.8, 4) is 0 Å². The van der Waals surface area contributed by atoms with Crippen molar-refractivity contribution in [3.63, 3.8) is 0 Å². The molecule has 0 N–H and O–H groups in total. The lowest BCUT2D eigenvalue weighted by Crippen LogP contribution is -2.45. The van der Waals surface area contributed by atoms with E-state index in [9.17, 15) is 4.57 Å². The molecule has 0 saturated carbocycles. The van der Waals surface area contributed by atoms with Gasteiger partial charge in [0.05, 0.1) is 0 Å². The van der Waals surface area contributed by atoms with Gasteiger partial charge in [0.15, 0.2) is 0 Å². The molecule has 3 heterocycles. The van der Waals surface area contributed by atoms with Gasteiger partial charge in [0.2, 0.25) is 0 Å². The summed E-state index contributed by atoms with van der Waals surface area (Å²) in [4.78, 5) is 2.32. The lowest BCUT2D eigenvalue weighted by molar-refractivity contribution is 0.207.